The smallest absolute Gasteiger partial charge is 0.253 e. The molecule has 22 heavy (non-hydrogen) atoms. The molecule has 1 heterocycles. The molecule has 1 aromatic carbocycles. The topological polar surface area (TPSA) is 52.7 Å². The van der Waals surface area contributed by atoms with E-state index in [-0.39, 0.29) is 23.4 Å². The van der Waals surface area contributed by atoms with E-state index in [0.29, 0.717) is 25.2 Å². The number of carbonyl (C=O) groups excluding carboxylic acids is 2. The average Bonchev–Trinajstić information content (AvgIpc) is 2.46. The summed E-state index contributed by atoms with van der Waals surface area (Å²) in [6, 6.07) is 8.91. The maximum atomic E-state index is 12.5. The third kappa shape index (κ3) is 4.07. The van der Waals surface area contributed by atoms with Gasteiger partial charge in [0, 0.05) is 30.7 Å². The lowest BCUT2D eigenvalue weighted by Gasteiger charge is -2.39. The first-order valence-corrected chi connectivity index (χ1v) is 7.64. The SMILES string of the molecule is CN1CCN(C(=O)c2ccccc2)C[C@H]1C(=O)NC(C)(C)C. The Balaban J connectivity index is 2.08. The molecule has 120 valence electrons. The van der Waals surface area contributed by atoms with Crippen molar-refractivity contribution in [2.45, 2.75) is 32.4 Å². The molecule has 1 atom stereocenters. The number of likely N-dealkylation sites (N-methyl/N-ethyl adjacent to an activating group) is 1. The normalized spacial score (nSPS) is 19.8. The van der Waals surface area contributed by atoms with E-state index in [4.69, 9.17) is 0 Å². The lowest BCUT2D eigenvalue weighted by molar-refractivity contribution is -0.129. The van der Waals surface area contributed by atoms with Crippen molar-refractivity contribution in [1.29, 1.82) is 0 Å². The Morgan fingerprint density at radius 3 is 2.36 bits per heavy atom. The molecule has 1 aliphatic heterocycles. The molecule has 2 rings (SSSR count). The largest absolute Gasteiger partial charge is 0.350 e. The van der Waals surface area contributed by atoms with Gasteiger partial charge in [-0.2, -0.15) is 0 Å². The summed E-state index contributed by atoms with van der Waals surface area (Å²) in [5, 5.41) is 3.00. The van der Waals surface area contributed by atoms with Gasteiger partial charge in [-0.15, -0.1) is 0 Å². The van der Waals surface area contributed by atoms with E-state index in [1.54, 1.807) is 4.90 Å². The maximum Gasteiger partial charge on any atom is 0.253 e. The number of amides is 2. The molecule has 0 bridgehead atoms. The zero-order valence-corrected chi connectivity index (χ0v) is 13.8. The fourth-order valence-electron chi connectivity index (χ4n) is 2.56. The summed E-state index contributed by atoms with van der Waals surface area (Å²) in [5.41, 5.74) is 0.394. The monoisotopic (exact) mass is 303 g/mol. The van der Waals surface area contributed by atoms with Crippen LogP contribution in [0.2, 0.25) is 0 Å². The van der Waals surface area contributed by atoms with Crippen molar-refractivity contribution in [2.24, 2.45) is 0 Å². The summed E-state index contributed by atoms with van der Waals surface area (Å²) in [7, 11) is 1.93. The molecule has 0 radical (unpaired) electrons. The van der Waals surface area contributed by atoms with Crippen LogP contribution in [-0.2, 0) is 4.79 Å². The van der Waals surface area contributed by atoms with Crippen LogP contribution in [0.1, 0.15) is 31.1 Å². The molecular weight excluding hydrogens is 278 g/mol. The molecule has 5 heteroatoms. The summed E-state index contributed by atoms with van der Waals surface area (Å²) >= 11 is 0. The maximum absolute atomic E-state index is 12.5. The number of nitrogens with one attached hydrogen (secondary N) is 1. The summed E-state index contributed by atoms with van der Waals surface area (Å²) in [6.07, 6.45) is 0. The van der Waals surface area contributed by atoms with Crippen LogP contribution in [0.5, 0.6) is 0 Å². The van der Waals surface area contributed by atoms with Gasteiger partial charge in [-0.25, -0.2) is 0 Å². The molecule has 0 saturated carbocycles. The van der Waals surface area contributed by atoms with Gasteiger partial charge in [-0.1, -0.05) is 18.2 Å². The highest BCUT2D eigenvalue weighted by Crippen LogP contribution is 2.13. The zero-order valence-electron chi connectivity index (χ0n) is 13.8. The van der Waals surface area contributed by atoms with Crippen molar-refractivity contribution < 1.29 is 9.59 Å². The van der Waals surface area contributed by atoms with Gasteiger partial charge in [0.1, 0.15) is 6.04 Å². The lowest BCUT2D eigenvalue weighted by Crippen LogP contribution is -2.60. The average molecular weight is 303 g/mol. The molecule has 5 nitrogen and oxygen atoms in total. The highest BCUT2D eigenvalue weighted by atomic mass is 16.2. The number of benzene rings is 1. The minimum absolute atomic E-state index is 0.0118. The zero-order chi connectivity index (χ0) is 16.3. The molecule has 1 fully saturated rings. The second kappa shape index (κ2) is 6.48. The van der Waals surface area contributed by atoms with E-state index in [1.807, 2.05) is 63.1 Å². The number of nitrogens with zero attached hydrogens (tertiary/aromatic N) is 2. The van der Waals surface area contributed by atoms with Gasteiger partial charge in [-0.3, -0.25) is 14.5 Å². The first-order valence-electron chi connectivity index (χ1n) is 7.64. The second-order valence-electron chi connectivity index (χ2n) is 6.85. The third-order valence-electron chi connectivity index (χ3n) is 3.76. The highest BCUT2D eigenvalue weighted by Gasteiger charge is 2.33. The van der Waals surface area contributed by atoms with Crippen molar-refractivity contribution in [1.82, 2.24) is 15.1 Å². The molecule has 1 N–H and O–H groups in total. The van der Waals surface area contributed by atoms with E-state index in [9.17, 15) is 9.59 Å². The summed E-state index contributed by atoms with van der Waals surface area (Å²) in [5.74, 6) is -0.0391. The van der Waals surface area contributed by atoms with Gasteiger partial charge >= 0.3 is 0 Å². The van der Waals surface area contributed by atoms with Gasteiger partial charge in [0.25, 0.3) is 5.91 Å². The Kier molecular flexibility index (Phi) is 4.86. The van der Waals surface area contributed by atoms with E-state index in [0.717, 1.165) is 0 Å². The Bertz CT molecular complexity index is 537. The van der Waals surface area contributed by atoms with Crippen LogP contribution in [0, 0.1) is 0 Å². The van der Waals surface area contributed by atoms with Crippen molar-refractivity contribution in [2.75, 3.05) is 26.7 Å². The summed E-state index contributed by atoms with van der Waals surface area (Å²) < 4.78 is 0. The van der Waals surface area contributed by atoms with E-state index >= 15 is 0 Å². The van der Waals surface area contributed by atoms with Crippen LogP contribution in [0.25, 0.3) is 0 Å². The molecule has 0 aromatic heterocycles. The Morgan fingerprint density at radius 1 is 1.14 bits per heavy atom. The van der Waals surface area contributed by atoms with Crippen LogP contribution in [0.4, 0.5) is 0 Å². The molecule has 0 spiro atoms. The number of carbonyl (C=O) groups is 2. The minimum Gasteiger partial charge on any atom is -0.350 e. The van der Waals surface area contributed by atoms with E-state index in [1.165, 1.54) is 0 Å². The first-order chi connectivity index (χ1) is 10.3. The van der Waals surface area contributed by atoms with Crippen LogP contribution in [0.15, 0.2) is 30.3 Å². The Morgan fingerprint density at radius 2 is 1.77 bits per heavy atom. The second-order valence-corrected chi connectivity index (χ2v) is 6.85. The predicted octanol–water partition coefficient (Wildman–Crippen LogP) is 1.36. The van der Waals surface area contributed by atoms with Crippen LogP contribution < -0.4 is 5.32 Å². The Hall–Kier alpha value is -1.88. The molecular formula is C17H25N3O2. The van der Waals surface area contributed by atoms with Gasteiger partial charge in [0.15, 0.2) is 0 Å². The van der Waals surface area contributed by atoms with Crippen molar-refractivity contribution in [3.8, 4) is 0 Å². The standard InChI is InChI=1S/C17H25N3O2/c1-17(2,3)18-15(21)14-12-20(11-10-19(14)4)16(22)13-8-6-5-7-9-13/h5-9,14H,10-12H2,1-4H3,(H,18,21)/t14-/m0/s1. The van der Waals surface area contributed by atoms with Gasteiger partial charge in [-0.05, 0) is 40.0 Å². The van der Waals surface area contributed by atoms with Crippen LogP contribution >= 0.6 is 0 Å². The third-order valence-corrected chi connectivity index (χ3v) is 3.76. The van der Waals surface area contributed by atoms with Crippen LogP contribution in [-0.4, -0.2) is 59.9 Å². The fourth-order valence-corrected chi connectivity index (χ4v) is 2.56. The number of hydrogen-bond acceptors (Lipinski definition) is 3. The molecule has 1 saturated heterocycles. The number of hydrogen-bond donors (Lipinski definition) is 1. The van der Waals surface area contributed by atoms with Gasteiger partial charge < -0.3 is 10.2 Å². The van der Waals surface area contributed by atoms with Crippen LogP contribution in [0.3, 0.4) is 0 Å². The van der Waals surface area contributed by atoms with E-state index < -0.39 is 0 Å². The molecule has 2 amide bonds. The Labute approximate surface area is 132 Å². The first kappa shape index (κ1) is 16.5. The van der Waals surface area contributed by atoms with E-state index in [2.05, 4.69) is 5.32 Å². The summed E-state index contributed by atoms with van der Waals surface area (Å²) in [4.78, 5) is 28.7. The molecule has 0 aliphatic carbocycles. The number of piperazine rings is 1. The van der Waals surface area contributed by atoms with Gasteiger partial charge in [0.2, 0.25) is 5.91 Å². The fraction of sp³-hybridized carbons (Fsp3) is 0.529. The van der Waals surface area contributed by atoms with Crippen molar-refractivity contribution in [3.63, 3.8) is 0 Å². The van der Waals surface area contributed by atoms with Gasteiger partial charge in [0.05, 0.1) is 0 Å². The molecule has 1 aliphatic rings. The molecule has 1 aromatic rings. The molecule has 0 unspecified atom stereocenters. The lowest BCUT2D eigenvalue weighted by atomic mass is 10.1. The predicted molar refractivity (Wildman–Crippen MR) is 86.7 cm³/mol. The highest BCUT2D eigenvalue weighted by molar-refractivity contribution is 5.95. The summed E-state index contributed by atoms with van der Waals surface area (Å²) in [6.45, 7) is 7.64. The minimum atomic E-state index is -0.305. The quantitative estimate of drug-likeness (QED) is 0.897. The van der Waals surface area contributed by atoms with Crippen molar-refractivity contribution >= 4 is 11.8 Å². The number of rotatable bonds is 2. The van der Waals surface area contributed by atoms with Crippen molar-refractivity contribution in [3.05, 3.63) is 35.9 Å².